The van der Waals surface area contributed by atoms with Gasteiger partial charge >= 0.3 is 6.03 Å². The SMILES string of the molecule is COc1ccc(CCNC(=O)CN2C(=O)C3SC=CC3N(Cc3ccc(F)cc3)C2=O)cc1OC. The third-order valence-electron chi connectivity index (χ3n) is 5.91. The molecular weight excluding hydrogens is 473 g/mol. The molecule has 0 spiro atoms. The van der Waals surface area contributed by atoms with Crippen molar-refractivity contribution < 1.29 is 28.2 Å². The zero-order valence-corrected chi connectivity index (χ0v) is 20.2. The zero-order valence-electron chi connectivity index (χ0n) is 19.4. The monoisotopic (exact) mass is 499 g/mol. The van der Waals surface area contributed by atoms with Crippen LogP contribution in [0.3, 0.4) is 0 Å². The summed E-state index contributed by atoms with van der Waals surface area (Å²) in [5.74, 6) is 0.0303. The van der Waals surface area contributed by atoms with E-state index in [0.717, 1.165) is 16.0 Å². The molecule has 184 valence electrons. The number of nitrogens with one attached hydrogen (secondary N) is 1. The van der Waals surface area contributed by atoms with Crippen LogP contribution in [-0.2, 0) is 22.6 Å². The molecule has 10 heteroatoms. The molecule has 0 aromatic heterocycles. The van der Waals surface area contributed by atoms with Crippen LogP contribution in [0, 0.1) is 5.82 Å². The Bertz CT molecular complexity index is 1140. The second-order valence-electron chi connectivity index (χ2n) is 8.13. The van der Waals surface area contributed by atoms with E-state index in [0.29, 0.717) is 24.5 Å². The minimum Gasteiger partial charge on any atom is -0.493 e. The second-order valence-corrected chi connectivity index (χ2v) is 9.18. The van der Waals surface area contributed by atoms with Gasteiger partial charge in [-0.15, -0.1) is 11.8 Å². The highest BCUT2D eigenvalue weighted by Crippen LogP contribution is 2.35. The lowest BCUT2D eigenvalue weighted by molar-refractivity contribution is -0.135. The van der Waals surface area contributed by atoms with Gasteiger partial charge in [0.2, 0.25) is 11.8 Å². The number of benzene rings is 2. The molecule has 0 bridgehead atoms. The first-order valence-corrected chi connectivity index (χ1v) is 12.0. The molecule has 2 aliphatic rings. The Kier molecular flexibility index (Phi) is 7.60. The molecule has 1 N–H and O–H groups in total. The first kappa shape index (κ1) is 24.6. The Labute approximate surface area is 207 Å². The summed E-state index contributed by atoms with van der Waals surface area (Å²) in [4.78, 5) is 41.4. The van der Waals surface area contributed by atoms with Crippen LogP contribution in [-0.4, -0.2) is 66.2 Å². The van der Waals surface area contributed by atoms with Crippen LogP contribution in [0.2, 0.25) is 0 Å². The van der Waals surface area contributed by atoms with E-state index in [4.69, 9.17) is 9.47 Å². The van der Waals surface area contributed by atoms with E-state index in [1.807, 2.05) is 18.2 Å². The summed E-state index contributed by atoms with van der Waals surface area (Å²) in [5.41, 5.74) is 1.67. The lowest BCUT2D eigenvalue weighted by Crippen LogP contribution is -2.62. The highest BCUT2D eigenvalue weighted by molar-refractivity contribution is 8.03. The molecule has 1 fully saturated rings. The number of urea groups is 1. The van der Waals surface area contributed by atoms with Gasteiger partial charge in [-0.1, -0.05) is 24.3 Å². The fourth-order valence-electron chi connectivity index (χ4n) is 4.08. The topological polar surface area (TPSA) is 88.2 Å². The molecule has 4 rings (SSSR count). The maximum absolute atomic E-state index is 13.3. The first-order chi connectivity index (χ1) is 16.9. The van der Waals surface area contributed by atoms with Crippen molar-refractivity contribution in [2.45, 2.75) is 24.3 Å². The number of rotatable bonds is 9. The van der Waals surface area contributed by atoms with E-state index in [-0.39, 0.29) is 24.8 Å². The number of imide groups is 1. The molecule has 8 nitrogen and oxygen atoms in total. The van der Waals surface area contributed by atoms with Crippen molar-refractivity contribution in [1.29, 1.82) is 0 Å². The highest BCUT2D eigenvalue weighted by Gasteiger charge is 2.47. The molecule has 2 heterocycles. The van der Waals surface area contributed by atoms with Crippen molar-refractivity contribution in [3.63, 3.8) is 0 Å². The Balaban J connectivity index is 1.38. The quantitative estimate of drug-likeness (QED) is 0.571. The minimum atomic E-state index is -0.539. The molecule has 2 aromatic carbocycles. The van der Waals surface area contributed by atoms with Crippen molar-refractivity contribution in [1.82, 2.24) is 15.1 Å². The lowest BCUT2D eigenvalue weighted by atomic mass is 10.1. The Morgan fingerprint density at radius 2 is 1.77 bits per heavy atom. The minimum absolute atomic E-state index is 0.204. The summed E-state index contributed by atoms with van der Waals surface area (Å²) in [6, 6.07) is 10.4. The number of ether oxygens (including phenoxy) is 2. The number of halogens is 1. The third-order valence-corrected chi connectivity index (χ3v) is 7.00. The number of nitrogens with zero attached hydrogens (tertiary/aromatic N) is 2. The summed E-state index contributed by atoms with van der Waals surface area (Å²) >= 11 is 1.33. The number of hydrogen-bond acceptors (Lipinski definition) is 6. The average Bonchev–Trinajstić information content (AvgIpc) is 3.35. The smallest absolute Gasteiger partial charge is 0.328 e. The van der Waals surface area contributed by atoms with Crippen LogP contribution in [0.1, 0.15) is 11.1 Å². The molecule has 2 aliphatic heterocycles. The van der Waals surface area contributed by atoms with E-state index in [1.54, 1.807) is 42.7 Å². The van der Waals surface area contributed by atoms with Gasteiger partial charge in [0.1, 0.15) is 17.6 Å². The summed E-state index contributed by atoms with van der Waals surface area (Å²) in [6.45, 7) is 0.162. The summed E-state index contributed by atoms with van der Waals surface area (Å²) in [5, 5.41) is 4.07. The highest BCUT2D eigenvalue weighted by atomic mass is 32.2. The lowest BCUT2D eigenvalue weighted by Gasteiger charge is -2.41. The van der Waals surface area contributed by atoms with Gasteiger partial charge < -0.3 is 19.7 Å². The number of methoxy groups -OCH3 is 2. The fraction of sp³-hybridized carbons (Fsp3) is 0.320. The van der Waals surface area contributed by atoms with Crippen LogP contribution in [0.25, 0.3) is 0 Å². The zero-order chi connectivity index (χ0) is 24.9. The second kappa shape index (κ2) is 10.8. The van der Waals surface area contributed by atoms with Crippen LogP contribution in [0.4, 0.5) is 9.18 Å². The maximum atomic E-state index is 13.3. The van der Waals surface area contributed by atoms with Gasteiger partial charge in [-0.2, -0.15) is 0 Å². The van der Waals surface area contributed by atoms with Gasteiger partial charge in [0.05, 0.1) is 20.3 Å². The molecule has 35 heavy (non-hydrogen) atoms. The maximum Gasteiger partial charge on any atom is 0.328 e. The van der Waals surface area contributed by atoms with Crippen molar-refractivity contribution >= 4 is 29.6 Å². The number of fused-ring (bicyclic) bond motifs is 1. The number of carbonyl (C=O) groups excluding carboxylic acids is 3. The molecule has 1 saturated heterocycles. The molecule has 4 amide bonds. The van der Waals surface area contributed by atoms with E-state index >= 15 is 0 Å². The van der Waals surface area contributed by atoms with Crippen LogP contribution >= 0.6 is 11.8 Å². The largest absolute Gasteiger partial charge is 0.493 e. The predicted molar refractivity (Wildman–Crippen MR) is 130 cm³/mol. The summed E-state index contributed by atoms with van der Waals surface area (Å²) in [7, 11) is 3.11. The van der Waals surface area contributed by atoms with E-state index in [9.17, 15) is 18.8 Å². The van der Waals surface area contributed by atoms with Crippen LogP contribution in [0.15, 0.2) is 53.9 Å². The molecular formula is C25H26FN3O5S. The van der Waals surface area contributed by atoms with Crippen molar-refractivity contribution in [2.75, 3.05) is 27.3 Å². The fourth-order valence-corrected chi connectivity index (χ4v) is 5.14. The van der Waals surface area contributed by atoms with E-state index < -0.39 is 23.2 Å². The summed E-state index contributed by atoms with van der Waals surface area (Å²) < 4.78 is 23.8. The third kappa shape index (κ3) is 5.43. The van der Waals surface area contributed by atoms with Gasteiger partial charge in [0.25, 0.3) is 0 Å². The van der Waals surface area contributed by atoms with Crippen LogP contribution in [0.5, 0.6) is 11.5 Å². The Morgan fingerprint density at radius 1 is 1.06 bits per heavy atom. The number of amides is 4. The molecule has 0 radical (unpaired) electrons. The molecule has 0 saturated carbocycles. The van der Waals surface area contributed by atoms with E-state index in [2.05, 4.69) is 5.32 Å². The van der Waals surface area contributed by atoms with E-state index in [1.165, 1.54) is 23.9 Å². The summed E-state index contributed by atoms with van der Waals surface area (Å²) in [6.07, 6.45) is 2.35. The average molecular weight is 500 g/mol. The van der Waals surface area contributed by atoms with Crippen molar-refractivity contribution in [2.24, 2.45) is 0 Å². The molecule has 2 aromatic rings. The number of carbonyl (C=O) groups is 3. The molecule has 2 unspecified atom stereocenters. The normalized spacial score (nSPS) is 19.1. The number of thioether (sulfide) groups is 1. The Morgan fingerprint density at radius 3 is 2.49 bits per heavy atom. The van der Waals surface area contributed by atoms with Gasteiger partial charge in [0, 0.05) is 13.1 Å². The van der Waals surface area contributed by atoms with Gasteiger partial charge in [0.15, 0.2) is 11.5 Å². The van der Waals surface area contributed by atoms with Gasteiger partial charge in [-0.3, -0.25) is 14.5 Å². The Hall–Kier alpha value is -3.53. The molecule has 0 aliphatic carbocycles. The van der Waals surface area contributed by atoms with Gasteiger partial charge in [-0.05, 0) is 47.2 Å². The first-order valence-electron chi connectivity index (χ1n) is 11.1. The van der Waals surface area contributed by atoms with Crippen molar-refractivity contribution in [3.05, 3.63) is 70.9 Å². The van der Waals surface area contributed by atoms with Crippen LogP contribution < -0.4 is 14.8 Å². The van der Waals surface area contributed by atoms with Gasteiger partial charge in [-0.25, -0.2) is 9.18 Å². The van der Waals surface area contributed by atoms with Crippen molar-refractivity contribution in [3.8, 4) is 11.5 Å². The number of hydrogen-bond donors (Lipinski definition) is 1. The molecule has 2 atom stereocenters. The predicted octanol–water partition coefficient (Wildman–Crippen LogP) is 2.96. The standard InChI is InChI=1S/C25H26FN3O5S/c1-33-20-8-5-16(13-21(20)34-2)9-11-27-22(30)15-29-24(31)23-19(10-12-35-23)28(25(29)32)14-17-3-6-18(26)7-4-17/h3-8,10,12-13,19,23H,9,11,14-15H2,1-2H3,(H,27,30).